The Bertz CT molecular complexity index is 874. The molecule has 2 amide bonds. The fourth-order valence-electron chi connectivity index (χ4n) is 3.42. The summed E-state index contributed by atoms with van der Waals surface area (Å²) in [6.45, 7) is 6.08. The van der Waals surface area contributed by atoms with Crippen molar-refractivity contribution >= 4 is 22.8 Å². The number of aromatic nitrogens is 2. The van der Waals surface area contributed by atoms with E-state index in [2.05, 4.69) is 18.3 Å². The van der Waals surface area contributed by atoms with Gasteiger partial charge >= 0.3 is 5.69 Å². The molecule has 1 aromatic carbocycles. The molecular weight excluding hydrogens is 318 g/mol. The number of rotatable bonds is 3. The van der Waals surface area contributed by atoms with Crippen molar-refractivity contribution in [2.75, 3.05) is 0 Å². The van der Waals surface area contributed by atoms with Crippen LogP contribution in [0.4, 0.5) is 0 Å². The summed E-state index contributed by atoms with van der Waals surface area (Å²) in [5.74, 6) is -0.642. The van der Waals surface area contributed by atoms with E-state index in [4.69, 9.17) is 0 Å². The van der Waals surface area contributed by atoms with Gasteiger partial charge in [-0.15, -0.1) is 0 Å². The van der Waals surface area contributed by atoms with E-state index in [0.29, 0.717) is 6.42 Å². The first-order chi connectivity index (χ1) is 12.1. The Kier molecular flexibility index (Phi) is 4.79. The Hall–Kier alpha value is -2.37. The van der Waals surface area contributed by atoms with Gasteiger partial charge in [-0.1, -0.05) is 26.8 Å². The Morgan fingerprint density at radius 3 is 2.36 bits per heavy atom. The van der Waals surface area contributed by atoms with E-state index in [1.807, 2.05) is 30.5 Å². The third kappa shape index (κ3) is 3.01. The van der Waals surface area contributed by atoms with Gasteiger partial charge in [-0.2, -0.15) is 0 Å². The van der Waals surface area contributed by atoms with E-state index in [1.54, 1.807) is 4.57 Å². The highest BCUT2D eigenvalue weighted by molar-refractivity contribution is 6.00. The Morgan fingerprint density at radius 1 is 1.04 bits per heavy atom. The van der Waals surface area contributed by atoms with E-state index >= 15 is 0 Å². The van der Waals surface area contributed by atoms with Crippen LogP contribution in [0, 0.1) is 0 Å². The van der Waals surface area contributed by atoms with Crippen molar-refractivity contribution in [1.29, 1.82) is 0 Å². The van der Waals surface area contributed by atoms with Gasteiger partial charge < -0.3 is 0 Å². The molecule has 1 atom stereocenters. The van der Waals surface area contributed by atoms with Crippen LogP contribution in [-0.2, 0) is 16.0 Å². The number of aryl methyl sites for hydroxylation is 1. The lowest BCUT2D eigenvalue weighted by Crippen LogP contribution is -2.44. The van der Waals surface area contributed by atoms with Gasteiger partial charge in [0.15, 0.2) is 0 Å². The Balaban J connectivity index is 0.000000880. The third-order valence-electron chi connectivity index (χ3n) is 4.81. The molecule has 2 heterocycles. The SMILES string of the molecule is CC.CCc1ccc2c(c1)n(C1CC1)c(=O)n2C1CCC(=O)NC1=O. The zero-order valence-electron chi connectivity index (χ0n) is 15.0. The minimum absolute atomic E-state index is 0.134. The molecule has 0 spiro atoms. The molecule has 1 saturated carbocycles. The number of imide groups is 1. The molecule has 1 aromatic heterocycles. The number of nitrogens with one attached hydrogen (secondary N) is 1. The normalized spacial score (nSPS) is 20.2. The van der Waals surface area contributed by atoms with Crippen molar-refractivity contribution in [2.45, 2.75) is 65.0 Å². The minimum atomic E-state index is -0.602. The molecule has 25 heavy (non-hydrogen) atoms. The topological polar surface area (TPSA) is 73.1 Å². The van der Waals surface area contributed by atoms with Crippen molar-refractivity contribution in [3.05, 3.63) is 34.2 Å². The number of hydrogen-bond donors (Lipinski definition) is 1. The number of nitrogens with zero attached hydrogens (tertiary/aromatic N) is 2. The second-order valence-electron chi connectivity index (χ2n) is 6.40. The summed E-state index contributed by atoms with van der Waals surface area (Å²) in [6.07, 6.45) is 3.56. The van der Waals surface area contributed by atoms with Crippen LogP contribution < -0.4 is 11.0 Å². The highest BCUT2D eigenvalue weighted by atomic mass is 16.2. The summed E-state index contributed by atoms with van der Waals surface area (Å²) in [5.41, 5.74) is 2.73. The second kappa shape index (κ2) is 6.86. The quantitative estimate of drug-likeness (QED) is 0.871. The first-order valence-electron chi connectivity index (χ1n) is 9.19. The molecule has 6 heteroatoms. The maximum atomic E-state index is 13.0. The lowest BCUT2D eigenvalue weighted by molar-refractivity contribution is -0.135. The minimum Gasteiger partial charge on any atom is -0.295 e. The number of imidazole rings is 1. The van der Waals surface area contributed by atoms with E-state index in [1.165, 1.54) is 5.56 Å². The average molecular weight is 343 g/mol. The number of carbonyl (C=O) groups is 2. The van der Waals surface area contributed by atoms with Crippen LogP contribution in [0.1, 0.15) is 64.1 Å². The molecule has 2 aliphatic rings. The van der Waals surface area contributed by atoms with Gasteiger partial charge in [0.2, 0.25) is 11.8 Å². The van der Waals surface area contributed by atoms with Gasteiger partial charge in [0.25, 0.3) is 0 Å². The van der Waals surface area contributed by atoms with Crippen molar-refractivity contribution in [1.82, 2.24) is 14.5 Å². The molecular formula is C19H25N3O3. The lowest BCUT2D eigenvalue weighted by Gasteiger charge is -2.21. The molecule has 1 aliphatic carbocycles. The predicted molar refractivity (Wildman–Crippen MR) is 96.6 cm³/mol. The fourth-order valence-corrected chi connectivity index (χ4v) is 3.42. The largest absolute Gasteiger partial charge is 0.330 e. The number of carbonyl (C=O) groups excluding carboxylic acids is 2. The molecule has 6 nitrogen and oxygen atoms in total. The summed E-state index contributed by atoms with van der Waals surface area (Å²) in [6, 6.07) is 5.62. The first-order valence-corrected chi connectivity index (χ1v) is 9.19. The van der Waals surface area contributed by atoms with E-state index < -0.39 is 6.04 Å². The lowest BCUT2D eigenvalue weighted by atomic mass is 10.1. The van der Waals surface area contributed by atoms with Crippen LogP contribution in [0.15, 0.2) is 23.0 Å². The van der Waals surface area contributed by atoms with Crippen LogP contribution in [0.25, 0.3) is 11.0 Å². The van der Waals surface area contributed by atoms with Gasteiger partial charge in [0.05, 0.1) is 11.0 Å². The van der Waals surface area contributed by atoms with Crippen LogP contribution in [0.5, 0.6) is 0 Å². The number of benzene rings is 1. The van der Waals surface area contributed by atoms with E-state index in [0.717, 1.165) is 30.3 Å². The first kappa shape index (κ1) is 17.5. The van der Waals surface area contributed by atoms with Crippen LogP contribution in [0.2, 0.25) is 0 Å². The zero-order valence-corrected chi connectivity index (χ0v) is 15.0. The molecule has 0 bridgehead atoms. The smallest absolute Gasteiger partial charge is 0.295 e. The molecule has 134 valence electrons. The number of hydrogen-bond acceptors (Lipinski definition) is 3. The summed E-state index contributed by atoms with van der Waals surface area (Å²) in [4.78, 5) is 36.6. The van der Waals surface area contributed by atoms with E-state index in [-0.39, 0.29) is 30.0 Å². The van der Waals surface area contributed by atoms with Gasteiger partial charge in [0.1, 0.15) is 6.04 Å². The second-order valence-corrected chi connectivity index (χ2v) is 6.40. The molecule has 2 aromatic rings. The third-order valence-corrected chi connectivity index (χ3v) is 4.81. The van der Waals surface area contributed by atoms with E-state index in [9.17, 15) is 14.4 Å². The molecule has 1 unspecified atom stereocenters. The number of fused-ring (bicyclic) bond motifs is 1. The predicted octanol–water partition coefficient (Wildman–Crippen LogP) is 2.70. The standard InChI is InChI=1S/C17H19N3O3.C2H6/c1-2-10-3-6-12-14(9-10)19(11-4-5-11)17(23)20(12)13-7-8-15(21)18-16(13)22;1-2/h3,6,9,11,13H,2,4-5,7-8H2,1H3,(H,18,21,22);1-2H3. The summed E-state index contributed by atoms with van der Waals surface area (Å²) >= 11 is 0. The van der Waals surface area contributed by atoms with Gasteiger partial charge in [-0.05, 0) is 43.4 Å². The molecule has 0 radical (unpaired) electrons. The molecule has 1 saturated heterocycles. The molecule has 1 aliphatic heterocycles. The van der Waals surface area contributed by atoms with Crippen LogP contribution >= 0.6 is 0 Å². The van der Waals surface area contributed by atoms with Crippen molar-refractivity contribution in [3.63, 3.8) is 0 Å². The van der Waals surface area contributed by atoms with Crippen molar-refractivity contribution < 1.29 is 9.59 Å². The maximum absolute atomic E-state index is 13.0. The molecule has 2 fully saturated rings. The zero-order chi connectivity index (χ0) is 18.1. The van der Waals surface area contributed by atoms with Gasteiger partial charge in [-0.25, -0.2) is 4.79 Å². The van der Waals surface area contributed by atoms with Crippen molar-refractivity contribution in [3.8, 4) is 0 Å². The van der Waals surface area contributed by atoms with Crippen LogP contribution in [-0.4, -0.2) is 20.9 Å². The summed E-state index contributed by atoms with van der Waals surface area (Å²) < 4.78 is 3.41. The number of amides is 2. The van der Waals surface area contributed by atoms with Gasteiger partial charge in [-0.3, -0.25) is 24.0 Å². The number of piperidine rings is 1. The molecule has 1 N–H and O–H groups in total. The average Bonchev–Trinajstić information content (AvgIpc) is 3.41. The fraction of sp³-hybridized carbons (Fsp3) is 0.526. The highest BCUT2D eigenvalue weighted by Crippen LogP contribution is 2.37. The summed E-state index contributed by atoms with van der Waals surface area (Å²) in [7, 11) is 0. The Labute approximate surface area is 146 Å². The van der Waals surface area contributed by atoms with Crippen LogP contribution in [0.3, 0.4) is 0 Å². The highest BCUT2D eigenvalue weighted by Gasteiger charge is 2.34. The molecule has 4 rings (SSSR count). The maximum Gasteiger partial charge on any atom is 0.330 e. The Morgan fingerprint density at radius 2 is 1.76 bits per heavy atom. The van der Waals surface area contributed by atoms with Crippen molar-refractivity contribution in [2.24, 2.45) is 0 Å². The van der Waals surface area contributed by atoms with Gasteiger partial charge in [0, 0.05) is 12.5 Å². The monoisotopic (exact) mass is 343 g/mol. The summed E-state index contributed by atoms with van der Waals surface area (Å²) in [5, 5.41) is 2.35.